The van der Waals surface area contributed by atoms with Gasteiger partial charge in [0.15, 0.2) is 0 Å². The van der Waals surface area contributed by atoms with Crippen LogP contribution in [0, 0.1) is 11.8 Å². The van der Waals surface area contributed by atoms with E-state index in [1.54, 1.807) is 0 Å². The first-order valence-electron chi connectivity index (χ1n) is 5.31. The van der Waals surface area contributed by atoms with E-state index in [0.29, 0.717) is 17.6 Å². The van der Waals surface area contributed by atoms with Crippen LogP contribution >= 0.6 is 0 Å². The fraction of sp³-hybridized carbons (Fsp3) is 0.909. The highest BCUT2D eigenvalue weighted by Crippen LogP contribution is 2.21. The molecule has 1 aliphatic rings. The maximum absolute atomic E-state index is 11.4. The van der Waals surface area contributed by atoms with E-state index in [-0.39, 0.29) is 0 Å². The molecular weight excluding hydrogens is 162 g/mol. The second-order valence-corrected chi connectivity index (χ2v) is 4.67. The van der Waals surface area contributed by atoms with Gasteiger partial charge >= 0.3 is 0 Å². The highest BCUT2D eigenvalue weighted by Gasteiger charge is 2.25. The van der Waals surface area contributed by atoms with Crippen molar-refractivity contribution >= 4 is 5.78 Å². The molecule has 0 spiro atoms. The minimum atomic E-state index is 0.337. The number of hydrogen-bond donors (Lipinski definition) is 0. The summed E-state index contributed by atoms with van der Waals surface area (Å²) in [6.45, 7) is 6.50. The normalized spacial score (nSPS) is 23.5. The zero-order chi connectivity index (χ0) is 9.84. The average Bonchev–Trinajstić information content (AvgIpc) is 2.34. The predicted octanol–water partition coefficient (Wildman–Crippen LogP) is 1.94. The van der Waals surface area contributed by atoms with E-state index in [1.807, 2.05) is 0 Å². The van der Waals surface area contributed by atoms with Gasteiger partial charge in [0.2, 0.25) is 0 Å². The first kappa shape index (κ1) is 10.7. The summed E-state index contributed by atoms with van der Waals surface area (Å²) in [6, 6.07) is 0. The fourth-order valence-electron chi connectivity index (χ4n) is 2.16. The van der Waals surface area contributed by atoms with Gasteiger partial charge in [0.25, 0.3) is 0 Å². The number of hydrogen-bond acceptors (Lipinski definition) is 2. The Morgan fingerprint density at radius 2 is 2.23 bits per heavy atom. The zero-order valence-corrected chi connectivity index (χ0v) is 9.05. The Morgan fingerprint density at radius 1 is 1.54 bits per heavy atom. The molecule has 1 rings (SSSR count). The molecule has 2 heteroatoms. The van der Waals surface area contributed by atoms with Crippen LogP contribution < -0.4 is 0 Å². The molecule has 0 aromatic rings. The van der Waals surface area contributed by atoms with Crippen molar-refractivity contribution in [2.45, 2.75) is 33.1 Å². The smallest absolute Gasteiger partial charge is 0.137 e. The summed E-state index contributed by atoms with van der Waals surface area (Å²) in [5, 5.41) is 0. The summed E-state index contributed by atoms with van der Waals surface area (Å²) in [5.41, 5.74) is 0. The molecule has 0 saturated heterocycles. The molecule has 1 unspecified atom stereocenters. The predicted molar refractivity (Wildman–Crippen MR) is 54.7 cm³/mol. The number of Topliss-reactive ketones (excluding diaryl/α,β-unsaturated/α-hetero) is 1. The van der Waals surface area contributed by atoms with Gasteiger partial charge in [-0.25, -0.2) is 0 Å². The lowest BCUT2D eigenvalue weighted by Gasteiger charge is -2.21. The number of ketones is 1. The van der Waals surface area contributed by atoms with E-state index >= 15 is 0 Å². The molecule has 0 heterocycles. The molecular formula is C11H21NO. The van der Waals surface area contributed by atoms with Crippen molar-refractivity contribution in [3.63, 3.8) is 0 Å². The van der Waals surface area contributed by atoms with Crippen LogP contribution in [-0.2, 0) is 4.79 Å². The van der Waals surface area contributed by atoms with Crippen molar-refractivity contribution in [2.24, 2.45) is 11.8 Å². The van der Waals surface area contributed by atoms with Crippen molar-refractivity contribution in [1.82, 2.24) is 4.90 Å². The Bertz CT molecular complexity index is 177. The Kier molecular flexibility index (Phi) is 3.91. The molecule has 1 saturated carbocycles. The first-order valence-corrected chi connectivity index (χ1v) is 5.31. The monoisotopic (exact) mass is 183 g/mol. The minimum Gasteiger partial charge on any atom is -0.305 e. The van der Waals surface area contributed by atoms with Crippen molar-refractivity contribution in [1.29, 1.82) is 0 Å². The van der Waals surface area contributed by atoms with E-state index in [1.165, 1.54) is 0 Å². The number of nitrogens with zero attached hydrogens (tertiary/aromatic N) is 1. The quantitative estimate of drug-likeness (QED) is 0.664. The lowest BCUT2D eigenvalue weighted by molar-refractivity contribution is -0.121. The molecule has 2 nitrogen and oxygen atoms in total. The third-order valence-electron chi connectivity index (χ3n) is 2.64. The van der Waals surface area contributed by atoms with Gasteiger partial charge in [-0.3, -0.25) is 4.79 Å². The maximum atomic E-state index is 11.4. The third-order valence-corrected chi connectivity index (χ3v) is 2.64. The van der Waals surface area contributed by atoms with Crippen molar-refractivity contribution < 1.29 is 4.79 Å². The van der Waals surface area contributed by atoms with E-state index in [9.17, 15) is 4.79 Å². The SMILES string of the molecule is CC(C)CN(C)CC1CCCC1=O. The number of rotatable bonds is 4. The number of carbonyl (C=O) groups excluding carboxylic acids is 1. The van der Waals surface area contributed by atoms with Gasteiger partial charge in [-0.15, -0.1) is 0 Å². The maximum Gasteiger partial charge on any atom is 0.137 e. The summed E-state index contributed by atoms with van der Waals surface area (Å²) < 4.78 is 0. The summed E-state index contributed by atoms with van der Waals surface area (Å²) in [7, 11) is 2.12. The molecule has 1 fully saturated rings. The van der Waals surface area contributed by atoms with Crippen LogP contribution in [-0.4, -0.2) is 30.8 Å². The molecule has 76 valence electrons. The van der Waals surface area contributed by atoms with Crippen LogP contribution in [0.3, 0.4) is 0 Å². The summed E-state index contributed by atoms with van der Waals surface area (Å²) in [5.74, 6) is 1.51. The molecule has 13 heavy (non-hydrogen) atoms. The van der Waals surface area contributed by atoms with Gasteiger partial charge in [-0.1, -0.05) is 13.8 Å². The lowest BCUT2D eigenvalue weighted by atomic mass is 10.1. The van der Waals surface area contributed by atoms with E-state index < -0.39 is 0 Å². The molecule has 1 aliphatic carbocycles. The zero-order valence-electron chi connectivity index (χ0n) is 9.05. The minimum absolute atomic E-state index is 0.337. The van der Waals surface area contributed by atoms with Crippen LogP contribution in [0.5, 0.6) is 0 Å². The highest BCUT2D eigenvalue weighted by molar-refractivity contribution is 5.83. The Hall–Kier alpha value is -0.370. The van der Waals surface area contributed by atoms with Crippen LogP contribution in [0.4, 0.5) is 0 Å². The lowest BCUT2D eigenvalue weighted by Crippen LogP contribution is -2.30. The first-order chi connectivity index (χ1) is 6.09. The molecule has 0 aromatic carbocycles. The molecule has 0 bridgehead atoms. The topological polar surface area (TPSA) is 20.3 Å². The van der Waals surface area contributed by atoms with E-state index in [0.717, 1.165) is 32.4 Å². The van der Waals surface area contributed by atoms with Gasteiger partial charge in [-0.05, 0) is 25.8 Å². The van der Waals surface area contributed by atoms with E-state index in [2.05, 4.69) is 25.8 Å². The molecule has 0 aromatic heterocycles. The molecule has 0 N–H and O–H groups in total. The highest BCUT2D eigenvalue weighted by atomic mass is 16.1. The summed E-state index contributed by atoms with van der Waals surface area (Å²) >= 11 is 0. The Morgan fingerprint density at radius 3 is 2.69 bits per heavy atom. The van der Waals surface area contributed by atoms with Gasteiger partial charge < -0.3 is 4.90 Å². The Labute approximate surface area is 81.3 Å². The van der Waals surface area contributed by atoms with Crippen molar-refractivity contribution in [2.75, 3.05) is 20.1 Å². The van der Waals surface area contributed by atoms with Crippen molar-refractivity contribution in [3.05, 3.63) is 0 Å². The molecule has 0 aliphatic heterocycles. The molecule has 0 amide bonds. The van der Waals surface area contributed by atoms with Crippen LogP contribution in [0.2, 0.25) is 0 Å². The summed E-state index contributed by atoms with van der Waals surface area (Å²) in [4.78, 5) is 13.7. The largest absolute Gasteiger partial charge is 0.305 e. The number of carbonyl (C=O) groups is 1. The van der Waals surface area contributed by atoms with Crippen LogP contribution in [0.1, 0.15) is 33.1 Å². The average molecular weight is 183 g/mol. The van der Waals surface area contributed by atoms with Crippen LogP contribution in [0.15, 0.2) is 0 Å². The van der Waals surface area contributed by atoms with Crippen LogP contribution in [0.25, 0.3) is 0 Å². The van der Waals surface area contributed by atoms with Gasteiger partial charge in [0.1, 0.15) is 5.78 Å². The third kappa shape index (κ3) is 3.47. The second kappa shape index (κ2) is 4.75. The van der Waals surface area contributed by atoms with Gasteiger partial charge in [0, 0.05) is 25.4 Å². The van der Waals surface area contributed by atoms with Gasteiger partial charge in [0.05, 0.1) is 0 Å². The summed E-state index contributed by atoms with van der Waals surface area (Å²) in [6.07, 6.45) is 3.04. The van der Waals surface area contributed by atoms with Gasteiger partial charge in [-0.2, -0.15) is 0 Å². The van der Waals surface area contributed by atoms with Crippen molar-refractivity contribution in [3.8, 4) is 0 Å². The second-order valence-electron chi connectivity index (χ2n) is 4.67. The Balaban J connectivity index is 2.27. The molecule has 0 radical (unpaired) electrons. The van der Waals surface area contributed by atoms with E-state index in [4.69, 9.17) is 0 Å². The standard InChI is InChI=1S/C11H21NO/c1-9(2)7-12(3)8-10-5-4-6-11(10)13/h9-10H,4-8H2,1-3H3. The molecule has 1 atom stereocenters. The fourth-order valence-corrected chi connectivity index (χ4v) is 2.16.